The molecule has 1 fully saturated rings. The summed E-state index contributed by atoms with van der Waals surface area (Å²) in [5, 5.41) is 16.6. The summed E-state index contributed by atoms with van der Waals surface area (Å²) in [6, 6.07) is 5.48. The van der Waals surface area contributed by atoms with E-state index < -0.39 is 6.10 Å². The minimum absolute atomic E-state index is 0. The van der Waals surface area contributed by atoms with Gasteiger partial charge in [-0.25, -0.2) is 4.98 Å². The average molecular weight is 388 g/mol. The zero-order valence-electron chi connectivity index (χ0n) is 13.1. The summed E-state index contributed by atoms with van der Waals surface area (Å²) in [5.74, 6) is -0.148. The van der Waals surface area contributed by atoms with Gasteiger partial charge in [0.25, 0.3) is 0 Å². The predicted molar refractivity (Wildman–Crippen MR) is 99.4 cm³/mol. The molecule has 1 saturated heterocycles. The molecule has 2 unspecified atom stereocenters. The first-order valence-electron chi connectivity index (χ1n) is 7.43. The highest BCUT2D eigenvalue weighted by atomic mass is 35.5. The van der Waals surface area contributed by atoms with Gasteiger partial charge in [0, 0.05) is 29.1 Å². The summed E-state index contributed by atoms with van der Waals surface area (Å²) in [5.41, 5.74) is 2.33. The monoisotopic (exact) mass is 387 g/mol. The Labute approximate surface area is 155 Å². The molecule has 5 nitrogen and oxygen atoms in total. The number of rotatable bonds is 4. The molecular weight excluding hydrogens is 369 g/mol. The van der Waals surface area contributed by atoms with Crippen molar-refractivity contribution in [2.24, 2.45) is 0 Å². The number of aromatic nitrogens is 1. The van der Waals surface area contributed by atoms with Gasteiger partial charge in [-0.1, -0.05) is 17.7 Å². The molecule has 1 aromatic heterocycles. The molecule has 24 heavy (non-hydrogen) atoms. The van der Waals surface area contributed by atoms with Gasteiger partial charge in [0.2, 0.25) is 5.91 Å². The topological polar surface area (TPSA) is 74.2 Å². The number of aliphatic hydroxyl groups excluding tert-OH is 1. The van der Waals surface area contributed by atoms with E-state index in [2.05, 4.69) is 15.6 Å². The lowest BCUT2D eigenvalue weighted by Crippen LogP contribution is -2.35. The van der Waals surface area contributed by atoms with E-state index in [0.29, 0.717) is 18.1 Å². The predicted octanol–water partition coefficient (Wildman–Crippen LogP) is 2.78. The van der Waals surface area contributed by atoms with Crippen molar-refractivity contribution in [2.75, 3.05) is 11.9 Å². The lowest BCUT2D eigenvalue weighted by atomic mass is 10.1. The van der Waals surface area contributed by atoms with Gasteiger partial charge in [0.15, 0.2) is 5.13 Å². The van der Waals surface area contributed by atoms with Crippen LogP contribution in [0.1, 0.15) is 22.4 Å². The number of halogens is 2. The van der Waals surface area contributed by atoms with Crippen LogP contribution < -0.4 is 10.6 Å². The second-order valence-electron chi connectivity index (χ2n) is 5.72. The van der Waals surface area contributed by atoms with Crippen LogP contribution in [0.4, 0.5) is 5.13 Å². The highest BCUT2D eigenvalue weighted by Crippen LogP contribution is 2.24. The fourth-order valence-corrected chi connectivity index (χ4v) is 3.67. The van der Waals surface area contributed by atoms with Gasteiger partial charge in [-0.15, -0.1) is 23.7 Å². The van der Waals surface area contributed by atoms with Crippen molar-refractivity contribution in [1.29, 1.82) is 0 Å². The van der Waals surface area contributed by atoms with Gasteiger partial charge in [0.05, 0.1) is 12.1 Å². The van der Waals surface area contributed by atoms with Gasteiger partial charge in [-0.05, 0) is 36.6 Å². The fraction of sp³-hybridized carbons (Fsp3) is 0.375. The molecule has 0 bridgehead atoms. The van der Waals surface area contributed by atoms with Crippen LogP contribution in [0, 0.1) is 6.92 Å². The van der Waals surface area contributed by atoms with E-state index in [1.165, 1.54) is 16.9 Å². The Bertz CT molecular complexity index is 723. The first kappa shape index (κ1) is 19.1. The summed E-state index contributed by atoms with van der Waals surface area (Å²) in [7, 11) is 0. The summed E-state index contributed by atoms with van der Waals surface area (Å²) in [4.78, 5) is 17.4. The van der Waals surface area contributed by atoms with Crippen LogP contribution in [0.3, 0.4) is 0 Å². The maximum absolute atomic E-state index is 12.1. The Kier molecular flexibility index (Phi) is 6.60. The molecule has 0 spiro atoms. The molecule has 3 rings (SSSR count). The largest absolute Gasteiger partial charge is 0.392 e. The summed E-state index contributed by atoms with van der Waals surface area (Å²) < 4.78 is 0. The molecule has 0 aliphatic carbocycles. The molecule has 0 radical (unpaired) electrons. The van der Waals surface area contributed by atoms with Crippen molar-refractivity contribution >= 4 is 46.4 Å². The number of benzene rings is 1. The molecule has 130 valence electrons. The first-order valence-corrected chi connectivity index (χ1v) is 8.63. The number of hydrogen-bond acceptors (Lipinski definition) is 5. The van der Waals surface area contributed by atoms with Crippen molar-refractivity contribution in [3.63, 3.8) is 0 Å². The van der Waals surface area contributed by atoms with Crippen LogP contribution in [0.5, 0.6) is 0 Å². The number of nitrogens with zero attached hydrogens (tertiary/aromatic N) is 1. The Hall–Kier alpha value is -1.18. The lowest BCUT2D eigenvalue weighted by Gasteiger charge is -2.08. The van der Waals surface area contributed by atoms with Gasteiger partial charge in [-0.3, -0.25) is 4.79 Å². The standard InChI is InChI=1S/C16H18ClN3O2S.ClH/c1-9-4-11(17)3-2-10(9)5-13-8-19-16(23-13)20-15(22)14-6-12(21)7-18-14;/h2-4,8,12,14,18,21H,5-7H2,1H3,(H,19,20,22);1H. The van der Waals surface area contributed by atoms with Crippen molar-refractivity contribution < 1.29 is 9.90 Å². The zero-order valence-corrected chi connectivity index (χ0v) is 15.5. The molecule has 3 N–H and O–H groups in total. The summed E-state index contributed by atoms with van der Waals surface area (Å²) >= 11 is 7.44. The van der Waals surface area contributed by atoms with Gasteiger partial charge < -0.3 is 15.7 Å². The minimum Gasteiger partial charge on any atom is -0.392 e. The fourth-order valence-electron chi connectivity index (χ4n) is 2.60. The lowest BCUT2D eigenvalue weighted by molar-refractivity contribution is -0.117. The highest BCUT2D eigenvalue weighted by molar-refractivity contribution is 7.15. The minimum atomic E-state index is -0.453. The van der Waals surface area contributed by atoms with Gasteiger partial charge >= 0.3 is 0 Å². The number of aliphatic hydroxyl groups is 1. The maximum atomic E-state index is 12.1. The number of hydrogen-bond donors (Lipinski definition) is 3. The quantitative estimate of drug-likeness (QED) is 0.753. The summed E-state index contributed by atoms with van der Waals surface area (Å²) in [6.45, 7) is 2.49. The number of anilines is 1. The number of β-amino-alcohol motifs (C(OH)–C–C–N with tert-alkyl or cyclic N) is 1. The van der Waals surface area contributed by atoms with Crippen molar-refractivity contribution in [1.82, 2.24) is 10.3 Å². The van der Waals surface area contributed by atoms with E-state index in [0.717, 1.165) is 21.9 Å². The number of aryl methyl sites for hydroxylation is 1. The number of thiazole rings is 1. The van der Waals surface area contributed by atoms with E-state index in [1.807, 2.05) is 25.1 Å². The third-order valence-corrected chi connectivity index (χ3v) is 5.03. The normalized spacial score (nSPS) is 19.8. The van der Waals surface area contributed by atoms with Crippen LogP contribution >= 0.6 is 35.3 Å². The van der Waals surface area contributed by atoms with Crippen molar-refractivity contribution in [3.8, 4) is 0 Å². The van der Waals surface area contributed by atoms with Gasteiger partial charge in [-0.2, -0.15) is 0 Å². The molecule has 2 atom stereocenters. The molecule has 0 saturated carbocycles. The van der Waals surface area contributed by atoms with Gasteiger partial charge in [0.1, 0.15) is 0 Å². The Morgan fingerprint density at radius 2 is 2.33 bits per heavy atom. The Morgan fingerprint density at radius 1 is 1.54 bits per heavy atom. The average Bonchev–Trinajstić information content (AvgIpc) is 3.11. The highest BCUT2D eigenvalue weighted by Gasteiger charge is 2.28. The molecule has 2 aromatic rings. The second-order valence-corrected chi connectivity index (χ2v) is 7.27. The van der Waals surface area contributed by atoms with E-state index in [9.17, 15) is 9.90 Å². The van der Waals surface area contributed by atoms with Crippen molar-refractivity contribution in [3.05, 3.63) is 45.4 Å². The second kappa shape index (κ2) is 8.27. The third-order valence-electron chi connectivity index (χ3n) is 3.88. The molecule has 2 heterocycles. The van der Waals surface area contributed by atoms with Crippen LogP contribution in [0.15, 0.2) is 24.4 Å². The zero-order chi connectivity index (χ0) is 16.4. The molecule has 1 aromatic carbocycles. The molecule has 8 heteroatoms. The number of amides is 1. The van der Waals surface area contributed by atoms with Crippen LogP contribution in [0.25, 0.3) is 0 Å². The molecule has 1 aliphatic heterocycles. The van der Waals surface area contributed by atoms with E-state index in [1.54, 1.807) is 6.20 Å². The Balaban J connectivity index is 0.00000208. The van der Waals surface area contributed by atoms with Crippen LogP contribution in [0.2, 0.25) is 5.02 Å². The van der Waals surface area contributed by atoms with Crippen molar-refractivity contribution in [2.45, 2.75) is 31.9 Å². The number of carbonyl (C=O) groups excluding carboxylic acids is 1. The third kappa shape index (κ3) is 4.68. The Morgan fingerprint density at radius 3 is 3.00 bits per heavy atom. The smallest absolute Gasteiger partial charge is 0.243 e. The van der Waals surface area contributed by atoms with Crippen LogP contribution in [-0.2, 0) is 11.2 Å². The number of carbonyl (C=O) groups is 1. The van der Waals surface area contributed by atoms with E-state index in [4.69, 9.17) is 11.6 Å². The SMILES string of the molecule is Cc1cc(Cl)ccc1Cc1cnc(NC(=O)C2CC(O)CN2)s1.Cl. The number of nitrogens with one attached hydrogen (secondary N) is 2. The maximum Gasteiger partial charge on any atom is 0.243 e. The summed E-state index contributed by atoms with van der Waals surface area (Å²) in [6.07, 6.45) is 2.53. The molecule has 1 aliphatic rings. The van der Waals surface area contributed by atoms with Crippen LogP contribution in [-0.4, -0.2) is 34.7 Å². The first-order chi connectivity index (χ1) is 11.0. The molecule has 1 amide bonds. The van der Waals surface area contributed by atoms with E-state index in [-0.39, 0.29) is 24.4 Å². The van der Waals surface area contributed by atoms with E-state index >= 15 is 0 Å². The molecular formula is C16H19Cl2N3O2S.